The van der Waals surface area contributed by atoms with Gasteiger partial charge in [0.05, 0.1) is 12.3 Å². The molecule has 27 heavy (non-hydrogen) atoms. The van der Waals surface area contributed by atoms with Gasteiger partial charge in [-0.05, 0) is 31.5 Å². The van der Waals surface area contributed by atoms with Crippen LogP contribution in [0.1, 0.15) is 12.8 Å². The van der Waals surface area contributed by atoms with Crippen LogP contribution in [0.3, 0.4) is 0 Å². The molecule has 1 unspecified atom stereocenters. The summed E-state index contributed by atoms with van der Waals surface area (Å²) in [6, 6.07) is 7.55. The Morgan fingerprint density at radius 3 is 2.70 bits per heavy atom. The van der Waals surface area contributed by atoms with E-state index >= 15 is 0 Å². The van der Waals surface area contributed by atoms with Crippen molar-refractivity contribution in [2.24, 2.45) is 4.99 Å². The molecule has 2 aliphatic heterocycles. The minimum absolute atomic E-state index is 0.147. The highest BCUT2D eigenvalue weighted by Crippen LogP contribution is 2.20. The summed E-state index contributed by atoms with van der Waals surface area (Å²) >= 11 is 0. The summed E-state index contributed by atoms with van der Waals surface area (Å²) < 4.78 is 19.2. The van der Waals surface area contributed by atoms with Crippen molar-refractivity contribution in [2.75, 3.05) is 71.5 Å². The van der Waals surface area contributed by atoms with Gasteiger partial charge in [0.2, 0.25) is 0 Å². The zero-order valence-electron chi connectivity index (χ0n) is 16.5. The Hall–Kier alpha value is -1.86. The summed E-state index contributed by atoms with van der Waals surface area (Å²) in [6.07, 6.45) is 2.46. The number of rotatable bonds is 6. The van der Waals surface area contributed by atoms with Crippen molar-refractivity contribution in [1.29, 1.82) is 0 Å². The van der Waals surface area contributed by atoms with Crippen molar-refractivity contribution in [3.05, 3.63) is 30.1 Å². The second kappa shape index (κ2) is 9.90. The zero-order valence-corrected chi connectivity index (χ0v) is 16.5. The van der Waals surface area contributed by atoms with E-state index in [1.807, 2.05) is 19.2 Å². The first-order valence-corrected chi connectivity index (χ1v) is 9.91. The Kier molecular flexibility index (Phi) is 7.29. The van der Waals surface area contributed by atoms with Crippen LogP contribution in [0.25, 0.3) is 0 Å². The summed E-state index contributed by atoms with van der Waals surface area (Å²) in [4.78, 5) is 11.4. The standard InChI is InChI=1S/C20H32FN5O/c1-22-20(23-16-17-6-5-9-24(17)14-15-27-2)26-12-10-25(11-13-26)19-8-4-3-7-18(19)21/h3-4,7-8,17H,5-6,9-16H2,1-2H3,(H,22,23). The third-order valence-electron chi connectivity index (χ3n) is 5.56. The van der Waals surface area contributed by atoms with E-state index in [0.29, 0.717) is 11.7 Å². The van der Waals surface area contributed by atoms with Crippen LogP contribution in [0, 0.1) is 5.82 Å². The number of aliphatic imine (C=N–C) groups is 1. The summed E-state index contributed by atoms with van der Waals surface area (Å²) in [5.74, 6) is 0.799. The van der Waals surface area contributed by atoms with Gasteiger partial charge < -0.3 is 19.9 Å². The number of para-hydroxylation sites is 1. The highest BCUT2D eigenvalue weighted by Gasteiger charge is 2.26. The second-order valence-electron chi connectivity index (χ2n) is 7.18. The Bertz CT molecular complexity index is 618. The van der Waals surface area contributed by atoms with Gasteiger partial charge in [-0.25, -0.2) is 4.39 Å². The third kappa shape index (κ3) is 5.11. The van der Waals surface area contributed by atoms with Crippen molar-refractivity contribution >= 4 is 11.6 Å². The van der Waals surface area contributed by atoms with Gasteiger partial charge in [-0.2, -0.15) is 0 Å². The van der Waals surface area contributed by atoms with E-state index in [0.717, 1.165) is 58.4 Å². The van der Waals surface area contributed by atoms with Gasteiger partial charge in [0.1, 0.15) is 5.82 Å². The van der Waals surface area contributed by atoms with Gasteiger partial charge in [0.15, 0.2) is 5.96 Å². The predicted octanol–water partition coefficient (Wildman–Crippen LogP) is 1.63. The van der Waals surface area contributed by atoms with Crippen LogP contribution in [-0.2, 0) is 4.74 Å². The number of likely N-dealkylation sites (tertiary alicyclic amines) is 1. The highest BCUT2D eigenvalue weighted by molar-refractivity contribution is 5.80. The first-order chi connectivity index (χ1) is 13.2. The molecular formula is C20H32FN5O. The molecule has 2 aliphatic rings. The maximum absolute atomic E-state index is 14.0. The largest absolute Gasteiger partial charge is 0.383 e. The fourth-order valence-corrected chi connectivity index (χ4v) is 4.04. The molecule has 0 bridgehead atoms. The molecule has 0 saturated carbocycles. The lowest BCUT2D eigenvalue weighted by atomic mass is 10.2. The molecule has 1 aromatic rings. The van der Waals surface area contributed by atoms with Gasteiger partial charge in [-0.3, -0.25) is 9.89 Å². The number of methoxy groups -OCH3 is 1. The molecule has 0 amide bonds. The maximum Gasteiger partial charge on any atom is 0.193 e. The summed E-state index contributed by atoms with van der Waals surface area (Å²) in [6.45, 7) is 7.10. The van der Waals surface area contributed by atoms with E-state index in [1.165, 1.54) is 18.9 Å². The van der Waals surface area contributed by atoms with Crippen molar-refractivity contribution in [1.82, 2.24) is 15.1 Å². The fourth-order valence-electron chi connectivity index (χ4n) is 4.04. The number of benzene rings is 1. The van der Waals surface area contributed by atoms with Crippen molar-refractivity contribution in [3.63, 3.8) is 0 Å². The van der Waals surface area contributed by atoms with Crippen molar-refractivity contribution in [3.8, 4) is 0 Å². The first-order valence-electron chi connectivity index (χ1n) is 9.91. The smallest absolute Gasteiger partial charge is 0.193 e. The average Bonchev–Trinajstić information content (AvgIpc) is 3.15. The zero-order chi connectivity index (χ0) is 19.1. The van der Waals surface area contributed by atoms with Gasteiger partial charge in [0.25, 0.3) is 0 Å². The van der Waals surface area contributed by atoms with Crippen LogP contribution in [-0.4, -0.2) is 88.4 Å². The van der Waals surface area contributed by atoms with Crippen LogP contribution < -0.4 is 10.2 Å². The molecule has 2 fully saturated rings. The summed E-state index contributed by atoms with van der Waals surface area (Å²) in [5, 5.41) is 3.55. The Morgan fingerprint density at radius 1 is 1.22 bits per heavy atom. The van der Waals surface area contributed by atoms with E-state index < -0.39 is 0 Å². The number of halogens is 1. The Balaban J connectivity index is 1.48. The molecule has 0 aromatic heterocycles. The molecule has 1 aromatic carbocycles. The van der Waals surface area contributed by atoms with Crippen LogP contribution in [0.4, 0.5) is 10.1 Å². The van der Waals surface area contributed by atoms with Gasteiger partial charge in [-0.15, -0.1) is 0 Å². The van der Waals surface area contributed by atoms with Crippen LogP contribution in [0.2, 0.25) is 0 Å². The second-order valence-corrected chi connectivity index (χ2v) is 7.18. The lowest BCUT2D eigenvalue weighted by molar-refractivity contribution is 0.141. The molecule has 2 heterocycles. The fraction of sp³-hybridized carbons (Fsp3) is 0.650. The van der Waals surface area contributed by atoms with Crippen LogP contribution in [0.5, 0.6) is 0 Å². The number of ether oxygens (including phenoxy) is 1. The molecule has 0 aliphatic carbocycles. The Labute approximate surface area is 162 Å². The highest BCUT2D eigenvalue weighted by atomic mass is 19.1. The number of nitrogens with one attached hydrogen (secondary N) is 1. The summed E-state index contributed by atoms with van der Waals surface area (Å²) in [7, 11) is 3.59. The van der Waals surface area contributed by atoms with Crippen LogP contribution >= 0.6 is 0 Å². The molecule has 7 heteroatoms. The van der Waals surface area contributed by atoms with E-state index in [4.69, 9.17) is 4.74 Å². The molecule has 1 atom stereocenters. The van der Waals surface area contributed by atoms with Crippen molar-refractivity contribution in [2.45, 2.75) is 18.9 Å². The van der Waals surface area contributed by atoms with Gasteiger partial charge in [-0.1, -0.05) is 12.1 Å². The number of nitrogens with zero attached hydrogens (tertiary/aromatic N) is 4. The minimum atomic E-state index is -0.147. The number of hydrogen-bond acceptors (Lipinski definition) is 4. The SMILES string of the molecule is CN=C(NCC1CCCN1CCOC)N1CCN(c2ccccc2F)CC1. The van der Waals surface area contributed by atoms with Gasteiger partial charge >= 0.3 is 0 Å². The van der Waals surface area contributed by atoms with Crippen molar-refractivity contribution < 1.29 is 9.13 Å². The number of piperazine rings is 1. The van der Waals surface area contributed by atoms with E-state index in [-0.39, 0.29) is 5.82 Å². The molecule has 3 rings (SSSR count). The molecule has 2 saturated heterocycles. The van der Waals surface area contributed by atoms with E-state index in [2.05, 4.69) is 25.0 Å². The summed E-state index contributed by atoms with van der Waals surface area (Å²) in [5.41, 5.74) is 0.694. The van der Waals surface area contributed by atoms with Gasteiger partial charge in [0, 0.05) is 59.5 Å². The molecule has 0 radical (unpaired) electrons. The van der Waals surface area contributed by atoms with Crippen LogP contribution in [0.15, 0.2) is 29.3 Å². The molecule has 1 N–H and O–H groups in total. The normalized spacial score (nSPS) is 21.7. The molecule has 150 valence electrons. The maximum atomic E-state index is 14.0. The van der Waals surface area contributed by atoms with E-state index in [9.17, 15) is 4.39 Å². The monoisotopic (exact) mass is 377 g/mol. The molecule has 0 spiro atoms. The Morgan fingerprint density at radius 2 is 2.00 bits per heavy atom. The number of hydrogen-bond donors (Lipinski definition) is 1. The topological polar surface area (TPSA) is 43.3 Å². The predicted molar refractivity (Wildman–Crippen MR) is 108 cm³/mol. The lowest BCUT2D eigenvalue weighted by Crippen LogP contribution is -2.54. The average molecular weight is 378 g/mol. The quantitative estimate of drug-likeness (QED) is 0.603. The first kappa shape index (κ1) is 19.9. The molecule has 6 nitrogen and oxygen atoms in total. The molecular weight excluding hydrogens is 345 g/mol. The lowest BCUT2D eigenvalue weighted by Gasteiger charge is -2.38. The van der Waals surface area contributed by atoms with E-state index in [1.54, 1.807) is 13.2 Å². The minimum Gasteiger partial charge on any atom is -0.383 e. The number of guanidine groups is 1. The third-order valence-corrected chi connectivity index (χ3v) is 5.56. The number of anilines is 1.